The topological polar surface area (TPSA) is 68.0 Å². The molecule has 0 spiro atoms. The predicted octanol–water partition coefficient (Wildman–Crippen LogP) is 1.56. The van der Waals surface area contributed by atoms with Crippen molar-refractivity contribution in [3.05, 3.63) is 11.4 Å². The summed E-state index contributed by atoms with van der Waals surface area (Å²) in [6.45, 7) is 0. The van der Waals surface area contributed by atoms with E-state index >= 15 is 0 Å². The minimum atomic E-state index is -0.928. The Kier molecular flexibility index (Phi) is 2.70. The summed E-state index contributed by atoms with van der Waals surface area (Å²) in [5.41, 5.74) is 0.923. The molecule has 15 heavy (non-hydrogen) atoms. The lowest BCUT2D eigenvalue weighted by molar-refractivity contribution is 0.0682. The van der Waals surface area contributed by atoms with Crippen LogP contribution < -0.4 is 0 Å². The van der Waals surface area contributed by atoms with Crippen molar-refractivity contribution in [2.24, 2.45) is 7.05 Å². The molecule has 0 bridgehead atoms. The van der Waals surface area contributed by atoms with Gasteiger partial charge in [-0.25, -0.2) is 9.48 Å². The summed E-state index contributed by atoms with van der Waals surface area (Å²) in [5.74, 6) is -0.637. The fraction of sp³-hybridized carbons (Fsp3) is 0.700. The summed E-state index contributed by atoms with van der Waals surface area (Å²) in [5, 5.41) is 16.9. The predicted molar refractivity (Wildman–Crippen MR) is 53.8 cm³/mol. The monoisotopic (exact) mass is 209 g/mol. The maximum Gasteiger partial charge on any atom is 0.356 e. The zero-order valence-corrected chi connectivity index (χ0v) is 8.81. The fourth-order valence-corrected chi connectivity index (χ4v) is 2.27. The molecule has 0 saturated heterocycles. The zero-order chi connectivity index (χ0) is 10.8. The molecule has 1 fully saturated rings. The molecule has 1 heterocycles. The van der Waals surface area contributed by atoms with Crippen molar-refractivity contribution < 1.29 is 9.90 Å². The first-order valence-corrected chi connectivity index (χ1v) is 5.33. The summed E-state index contributed by atoms with van der Waals surface area (Å²) < 4.78 is 1.35. The molecular formula is C10H15N3O2. The van der Waals surface area contributed by atoms with Gasteiger partial charge in [0.2, 0.25) is 0 Å². The molecule has 5 nitrogen and oxygen atoms in total. The highest BCUT2D eigenvalue weighted by Gasteiger charge is 2.26. The number of hydrogen-bond acceptors (Lipinski definition) is 3. The van der Waals surface area contributed by atoms with E-state index in [0.29, 0.717) is 11.6 Å². The molecule has 1 aliphatic rings. The molecule has 1 N–H and O–H groups in total. The third-order valence-corrected chi connectivity index (χ3v) is 3.05. The van der Waals surface area contributed by atoms with Gasteiger partial charge in [0.05, 0.1) is 0 Å². The van der Waals surface area contributed by atoms with Gasteiger partial charge in [-0.3, -0.25) is 0 Å². The standard InChI is InChI=1S/C10H15N3O2/c1-13-9(10(14)15)8(11-12-13)7-5-3-2-4-6-7/h7H,2-6H2,1H3,(H,14,15). The van der Waals surface area contributed by atoms with Crippen LogP contribution in [0.5, 0.6) is 0 Å². The minimum Gasteiger partial charge on any atom is -0.476 e. The molecule has 1 aromatic heterocycles. The number of carboxylic acids is 1. The highest BCUT2D eigenvalue weighted by Crippen LogP contribution is 2.32. The number of aryl methyl sites for hydroxylation is 1. The number of nitrogens with zero attached hydrogens (tertiary/aromatic N) is 3. The molecule has 0 aliphatic heterocycles. The Morgan fingerprint density at radius 2 is 2.07 bits per heavy atom. The van der Waals surface area contributed by atoms with E-state index in [-0.39, 0.29) is 5.69 Å². The van der Waals surface area contributed by atoms with E-state index in [2.05, 4.69) is 10.3 Å². The second-order valence-corrected chi connectivity index (χ2v) is 4.09. The van der Waals surface area contributed by atoms with Gasteiger partial charge >= 0.3 is 5.97 Å². The molecule has 2 rings (SSSR count). The van der Waals surface area contributed by atoms with Crippen molar-refractivity contribution >= 4 is 5.97 Å². The van der Waals surface area contributed by atoms with Crippen molar-refractivity contribution in [1.29, 1.82) is 0 Å². The second-order valence-electron chi connectivity index (χ2n) is 4.09. The minimum absolute atomic E-state index is 0.252. The van der Waals surface area contributed by atoms with Gasteiger partial charge in [-0.05, 0) is 12.8 Å². The van der Waals surface area contributed by atoms with Crippen LogP contribution in [0, 0.1) is 0 Å². The lowest BCUT2D eigenvalue weighted by Gasteiger charge is -2.19. The Bertz CT molecular complexity index is 367. The van der Waals surface area contributed by atoms with Gasteiger partial charge in [0, 0.05) is 13.0 Å². The molecule has 82 valence electrons. The van der Waals surface area contributed by atoms with Crippen LogP contribution in [-0.4, -0.2) is 26.1 Å². The van der Waals surface area contributed by atoms with Crippen LogP contribution in [0.3, 0.4) is 0 Å². The Hall–Kier alpha value is -1.39. The van der Waals surface area contributed by atoms with Gasteiger partial charge in [-0.15, -0.1) is 5.10 Å². The first-order chi connectivity index (χ1) is 7.20. The van der Waals surface area contributed by atoms with E-state index in [9.17, 15) is 4.79 Å². The molecule has 0 amide bonds. The Balaban J connectivity index is 2.30. The quantitative estimate of drug-likeness (QED) is 0.802. The van der Waals surface area contributed by atoms with Crippen molar-refractivity contribution in [3.63, 3.8) is 0 Å². The summed E-state index contributed by atoms with van der Waals surface area (Å²) in [4.78, 5) is 11.0. The van der Waals surface area contributed by atoms with Gasteiger partial charge in [-0.2, -0.15) is 0 Å². The average Bonchev–Trinajstić information content (AvgIpc) is 2.61. The summed E-state index contributed by atoms with van der Waals surface area (Å²) in [6.07, 6.45) is 5.66. The number of carboxylic acid groups (broad SMARTS) is 1. The van der Waals surface area contributed by atoms with Gasteiger partial charge in [-0.1, -0.05) is 24.5 Å². The van der Waals surface area contributed by atoms with Crippen LogP contribution in [0.15, 0.2) is 0 Å². The molecule has 0 aromatic carbocycles. The van der Waals surface area contributed by atoms with Gasteiger partial charge in [0.15, 0.2) is 5.69 Å². The largest absolute Gasteiger partial charge is 0.476 e. The maximum absolute atomic E-state index is 11.0. The molecule has 0 radical (unpaired) electrons. The number of carbonyl (C=O) groups is 1. The molecule has 1 aliphatic carbocycles. The molecule has 0 atom stereocenters. The lowest BCUT2D eigenvalue weighted by Crippen LogP contribution is -2.12. The van der Waals surface area contributed by atoms with Crippen LogP contribution in [-0.2, 0) is 7.05 Å². The average molecular weight is 209 g/mol. The first kappa shape index (κ1) is 10.1. The van der Waals surface area contributed by atoms with E-state index in [1.807, 2.05) is 0 Å². The van der Waals surface area contributed by atoms with Gasteiger partial charge < -0.3 is 5.11 Å². The highest BCUT2D eigenvalue weighted by molar-refractivity contribution is 5.86. The highest BCUT2D eigenvalue weighted by atomic mass is 16.4. The normalized spacial score (nSPS) is 17.9. The third kappa shape index (κ3) is 1.86. The van der Waals surface area contributed by atoms with Crippen LogP contribution in [0.1, 0.15) is 54.2 Å². The van der Waals surface area contributed by atoms with E-state index in [1.165, 1.54) is 23.9 Å². The Morgan fingerprint density at radius 1 is 1.40 bits per heavy atom. The SMILES string of the molecule is Cn1nnc(C2CCCCC2)c1C(=O)O. The number of aromatic nitrogens is 3. The third-order valence-electron chi connectivity index (χ3n) is 3.05. The van der Waals surface area contributed by atoms with E-state index in [1.54, 1.807) is 7.05 Å². The number of rotatable bonds is 2. The summed E-state index contributed by atoms with van der Waals surface area (Å²) >= 11 is 0. The van der Waals surface area contributed by atoms with Crippen LogP contribution in [0.25, 0.3) is 0 Å². The second kappa shape index (κ2) is 4.00. The smallest absolute Gasteiger partial charge is 0.356 e. The van der Waals surface area contributed by atoms with Gasteiger partial charge in [0.1, 0.15) is 5.69 Å². The molecule has 1 saturated carbocycles. The number of aromatic carboxylic acids is 1. The number of hydrogen-bond donors (Lipinski definition) is 1. The molecule has 0 unspecified atom stereocenters. The van der Waals surface area contributed by atoms with Crippen molar-refractivity contribution in [2.75, 3.05) is 0 Å². The van der Waals surface area contributed by atoms with Crippen LogP contribution in [0.2, 0.25) is 0 Å². The van der Waals surface area contributed by atoms with Crippen molar-refractivity contribution in [1.82, 2.24) is 15.0 Å². The van der Waals surface area contributed by atoms with E-state index in [0.717, 1.165) is 12.8 Å². The Morgan fingerprint density at radius 3 is 2.67 bits per heavy atom. The van der Waals surface area contributed by atoms with Crippen molar-refractivity contribution in [2.45, 2.75) is 38.0 Å². The van der Waals surface area contributed by atoms with E-state index in [4.69, 9.17) is 5.11 Å². The molecular weight excluding hydrogens is 194 g/mol. The lowest BCUT2D eigenvalue weighted by atomic mass is 9.86. The first-order valence-electron chi connectivity index (χ1n) is 5.33. The Labute approximate surface area is 88.1 Å². The molecule has 5 heteroatoms. The summed E-state index contributed by atoms with van der Waals surface area (Å²) in [7, 11) is 1.63. The summed E-state index contributed by atoms with van der Waals surface area (Å²) in [6, 6.07) is 0. The zero-order valence-electron chi connectivity index (χ0n) is 8.81. The maximum atomic E-state index is 11.0. The van der Waals surface area contributed by atoms with Crippen LogP contribution >= 0.6 is 0 Å². The molecule has 1 aromatic rings. The van der Waals surface area contributed by atoms with Crippen molar-refractivity contribution in [3.8, 4) is 0 Å². The van der Waals surface area contributed by atoms with Gasteiger partial charge in [0.25, 0.3) is 0 Å². The fourth-order valence-electron chi connectivity index (χ4n) is 2.27. The van der Waals surface area contributed by atoms with E-state index < -0.39 is 5.97 Å². The van der Waals surface area contributed by atoms with Crippen LogP contribution in [0.4, 0.5) is 0 Å².